The van der Waals surface area contributed by atoms with E-state index in [4.69, 9.17) is 16.3 Å². The highest BCUT2D eigenvalue weighted by molar-refractivity contribution is 7.89. The maximum absolute atomic E-state index is 14.0. The number of piperidine rings is 1. The Balaban J connectivity index is 1.74. The first-order valence-electron chi connectivity index (χ1n) is 13.0. The normalized spacial score (nSPS) is 14.4. The number of benzene rings is 2. The number of ether oxygens (including phenoxy) is 1. The second-order valence-electron chi connectivity index (χ2n) is 9.42. The van der Waals surface area contributed by atoms with Gasteiger partial charge in [0.25, 0.3) is 0 Å². The van der Waals surface area contributed by atoms with E-state index >= 15 is 0 Å². The van der Waals surface area contributed by atoms with E-state index in [1.165, 1.54) is 23.5 Å². The SMILES string of the molecule is CCCS(=O)(=O)N(CCOC)CC(=O)N(Cc1ccc(Cl)cc1)C1CCN(C(=O)Nc2ccccc2F)CC1. The van der Waals surface area contributed by atoms with Crippen LogP contribution in [0.2, 0.25) is 5.02 Å². The summed E-state index contributed by atoms with van der Waals surface area (Å²) in [6, 6.07) is 12.5. The third-order valence-electron chi connectivity index (χ3n) is 6.61. The molecular weight excluding hydrogens is 547 g/mol. The van der Waals surface area contributed by atoms with E-state index in [1.807, 2.05) is 12.1 Å². The first kappa shape index (κ1) is 30.8. The maximum atomic E-state index is 14.0. The minimum absolute atomic E-state index is 0.0588. The Morgan fingerprint density at radius 2 is 1.79 bits per heavy atom. The van der Waals surface area contributed by atoms with E-state index in [0.717, 1.165) is 5.56 Å². The lowest BCUT2D eigenvalue weighted by Gasteiger charge is -2.39. The third-order valence-corrected chi connectivity index (χ3v) is 8.88. The molecule has 0 atom stereocenters. The van der Waals surface area contributed by atoms with Gasteiger partial charge in [-0.25, -0.2) is 17.6 Å². The van der Waals surface area contributed by atoms with Crippen molar-refractivity contribution < 1.29 is 27.1 Å². The Labute approximate surface area is 234 Å². The Morgan fingerprint density at radius 1 is 1.13 bits per heavy atom. The van der Waals surface area contributed by atoms with Gasteiger partial charge in [-0.05, 0) is 49.1 Å². The van der Waals surface area contributed by atoms with Crippen LogP contribution in [0, 0.1) is 5.82 Å². The lowest BCUT2D eigenvalue weighted by atomic mass is 10.0. The molecule has 39 heavy (non-hydrogen) atoms. The predicted octanol–water partition coefficient (Wildman–Crippen LogP) is 4.19. The highest BCUT2D eigenvalue weighted by Crippen LogP contribution is 2.22. The van der Waals surface area contributed by atoms with Gasteiger partial charge in [0.1, 0.15) is 5.82 Å². The highest BCUT2D eigenvalue weighted by Gasteiger charge is 2.32. The van der Waals surface area contributed by atoms with Crippen LogP contribution in [-0.2, 0) is 26.1 Å². The van der Waals surface area contributed by atoms with Gasteiger partial charge in [-0.15, -0.1) is 0 Å². The van der Waals surface area contributed by atoms with Crippen LogP contribution in [0.25, 0.3) is 0 Å². The van der Waals surface area contributed by atoms with Crippen molar-refractivity contribution in [1.82, 2.24) is 14.1 Å². The van der Waals surface area contributed by atoms with Gasteiger partial charge >= 0.3 is 6.03 Å². The Morgan fingerprint density at radius 3 is 2.41 bits per heavy atom. The number of hydrogen-bond acceptors (Lipinski definition) is 5. The summed E-state index contributed by atoms with van der Waals surface area (Å²) >= 11 is 6.04. The number of sulfonamides is 1. The molecule has 1 heterocycles. The van der Waals surface area contributed by atoms with Crippen LogP contribution in [0.3, 0.4) is 0 Å². The summed E-state index contributed by atoms with van der Waals surface area (Å²) < 4.78 is 46.0. The number of anilines is 1. The Kier molecular flexibility index (Phi) is 11.5. The Bertz CT molecular complexity index is 1210. The van der Waals surface area contributed by atoms with Crippen LogP contribution in [0.5, 0.6) is 0 Å². The molecule has 1 aliphatic heterocycles. The van der Waals surface area contributed by atoms with E-state index < -0.39 is 21.9 Å². The molecule has 12 heteroatoms. The number of methoxy groups -OCH3 is 1. The summed E-state index contributed by atoms with van der Waals surface area (Å²) in [6.07, 6.45) is 1.41. The number of urea groups is 1. The van der Waals surface area contributed by atoms with E-state index in [2.05, 4.69) is 5.32 Å². The molecule has 1 N–H and O–H groups in total. The van der Waals surface area contributed by atoms with Gasteiger partial charge in [-0.3, -0.25) is 4.79 Å². The summed E-state index contributed by atoms with van der Waals surface area (Å²) in [5, 5.41) is 3.17. The van der Waals surface area contributed by atoms with E-state index in [1.54, 1.807) is 41.0 Å². The van der Waals surface area contributed by atoms with Crippen LogP contribution >= 0.6 is 11.6 Å². The molecule has 0 aromatic heterocycles. The van der Waals surface area contributed by atoms with Gasteiger partial charge in [0, 0.05) is 44.4 Å². The number of halogens is 2. The number of nitrogens with zero attached hydrogens (tertiary/aromatic N) is 3. The number of likely N-dealkylation sites (tertiary alicyclic amines) is 1. The molecule has 1 fully saturated rings. The molecule has 0 aliphatic carbocycles. The lowest BCUT2D eigenvalue weighted by molar-refractivity contribution is -0.135. The molecule has 0 saturated carbocycles. The number of amides is 3. The largest absolute Gasteiger partial charge is 0.383 e. The minimum Gasteiger partial charge on any atom is -0.383 e. The molecule has 0 spiro atoms. The number of para-hydroxylation sites is 1. The third kappa shape index (κ3) is 8.89. The van der Waals surface area contributed by atoms with Gasteiger partial charge in [0.2, 0.25) is 15.9 Å². The number of carbonyl (C=O) groups is 2. The van der Waals surface area contributed by atoms with Crippen molar-refractivity contribution in [2.45, 2.75) is 38.8 Å². The lowest BCUT2D eigenvalue weighted by Crippen LogP contribution is -2.52. The van der Waals surface area contributed by atoms with E-state index in [9.17, 15) is 22.4 Å². The first-order chi connectivity index (χ1) is 18.6. The maximum Gasteiger partial charge on any atom is 0.321 e. The fraction of sp³-hybridized carbons (Fsp3) is 0.481. The van der Waals surface area contributed by atoms with Crippen molar-refractivity contribution in [3.63, 3.8) is 0 Å². The molecule has 0 unspecified atom stereocenters. The van der Waals surface area contributed by atoms with Gasteiger partial charge in [0.15, 0.2) is 0 Å². The Hall–Kier alpha value is -2.73. The standard InChI is InChI=1S/C27H36ClFN4O5S/c1-3-18-39(36,37)32(16-17-38-2)20-26(34)33(19-21-8-10-22(28)11-9-21)23-12-14-31(15-13-23)27(35)30-25-7-5-4-6-24(25)29/h4-11,23H,3,12-20H2,1-2H3,(H,30,35). The molecule has 214 valence electrons. The zero-order chi connectivity index (χ0) is 28.4. The molecule has 3 rings (SSSR count). The van der Waals surface area contributed by atoms with E-state index in [-0.39, 0.29) is 49.6 Å². The van der Waals surface area contributed by atoms with Crippen molar-refractivity contribution in [1.29, 1.82) is 0 Å². The fourth-order valence-corrected chi connectivity index (χ4v) is 6.04. The van der Waals surface area contributed by atoms with Crippen molar-refractivity contribution >= 4 is 39.2 Å². The van der Waals surface area contributed by atoms with Crippen LogP contribution in [0.15, 0.2) is 48.5 Å². The molecule has 2 aromatic rings. The van der Waals surface area contributed by atoms with Crippen LogP contribution in [-0.4, -0.2) is 86.2 Å². The average molecular weight is 583 g/mol. The van der Waals surface area contributed by atoms with Crippen molar-refractivity contribution in [3.05, 3.63) is 64.9 Å². The van der Waals surface area contributed by atoms with E-state index in [0.29, 0.717) is 37.4 Å². The smallest absolute Gasteiger partial charge is 0.321 e. The summed E-state index contributed by atoms with van der Waals surface area (Å²) in [5.74, 6) is -0.900. The molecule has 0 bridgehead atoms. The fourth-order valence-electron chi connectivity index (χ4n) is 4.48. The highest BCUT2D eigenvalue weighted by atomic mass is 35.5. The second kappa shape index (κ2) is 14.6. The molecule has 2 aromatic carbocycles. The van der Waals surface area contributed by atoms with Crippen molar-refractivity contribution in [2.24, 2.45) is 0 Å². The molecule has 9 nitrogen and oxygen atoms in total. The summed E-state index contributed by atoms with van der Waals surface area (Å²) in [6.45, 7) is 2.71. The second-order valence-corrected chi connectivity index (χ2v) is 11.9. The van der Waals surface area contributed by atoms with Gasteiger partial charge in [0.05, 0.1) is 24.6 Å². The van der Waals surface area contributed by atoms with Crippen LogP contribution < -0.4 is 5.32 Å². The summed E-state index contributed by atoms with van der Waals surface area (Å²) in [4.78, 5) is 29.7. The average Bonchev–Trinajstić information content (AvgIpc) is 2.91. The number of hydrogen-bond donors (Lipinski definition) is 1. The molecule has 0 radical (unpaired) electrons. The summed E-state index contributed by atoms with van der Waals surface area (Å²) in [7, 11) is -2.16. The van der Waals surface area contributed by atoms with Crippen molar-refractivity contribution in [3.8, 4) is 0 Å². The topological polar surface area (TPSA) is 99.3 Å². The number of carbonyl (C=O) groups excluding carboxylic acids is 2. The van der Waals surface area contributed by atoms with Gasteiger partial charge in [-0.2, -0.15) is 4.31 Å². The van der Waals surface area contributed by atoms with Gasteiger partial charge < -0.3 is 19.9 Å². The monoisotopic (exact) mass is 582 g/mol. The molecule has 1 aliphatic rings. The minimum atomic E-state index is -3.64. The molecular formula is C27H36ClFN4O5S. The quantitative estimate of drug-likeness (QED) is 0.404. The summed E-state index contributed by atoms with van der Waals surface area (Å²) in [5.41, 5.74) is 0.959. The predicted molar refractivity (Wildman–Crippen MR) is 150 cm³/mol. The number of nitrogens with one attached hydrogen (secondary N) is 1. The van der Waals surface area contributed by atoms with Crippen LogP contribution in [0.1, 0.15) is 31.7 Å². The molecule has 1 saturated heterocycles. The zero-order valence-electron chi connectivity index (χ0n) is 22.3. The first-order valence-corrected chi connectivity index (χ1v) is 14.9. The number of rotatable bonds is 12. The molecule has 3 amide bonds. The van der Waals surface area contributed by atoms with Crippen molar-refractivity contribution in [2.75, 3.05) is 51.0 Å². The van der Waals surface area contributed by atoms with Gasteiger partial charge in [-0.1, -0.05) is 42.8 Å². The van der Waals surface area contributed by atoms with Crippen LogP contribution in [0.4, 0.5) is 14.9 Å². The zero-order valence-corrected chi connectivity index (χ0v) is 23.9.